The van der Waals surface area contributed by atoms with Crippen LogP contribution in [-0.2, 0) is 10.0 Å². The van der Waals surface area contributed by atoms with Gasteiger partial charge >= 0.3 is 0 Å². The number of hydrogen-bond acceptors (Lipinski definition) is 5. The minimum absolute atomic E-state index is 0.00976. The van der Waals surface area contributed by atoms with Gasteiger partial charge in [0.1, 0.15) is 11.7 Å². The molecule has 1 N–H and O–H groups in total. The SMILES string of the molecule is CCS(=O)(=O)N1CC[C@@H](Nc2ncc3c(F)c(Br)c(C(C)C)n3n2)[C@H](F)C1. The van der Waals surface area contributed by atoms with Gasteiger partial charge in [-0.15, -0.1) is 5.10 Å². The van der Waals surface area contributed by atoms with Crippen LogP contribution in [0.4, 0.5) is 14.7 Å². The summed E-state index contributed by atoms with van der Waals surface area (Å²) in [7, 11) is -3.41. The molecule has 0 amide bonds. The molecule has 2 aromatic rings. The van der Waals surface area contributed by atoms with Crippen LogP contribution in [-0.4, -0.2) is 58.4 Å². The van der Waals surface area contributed by atoms with Crippen LogP contribution in [0.3, 0.4) is 0 Å². The first-order valence-electron chi connectivity index (χ1n) is 8.76. The monoisotopic (exact) mass is 465 g/mol. The Kier molecular flexibility index (Phi) is 5.74. The molecule has 150 valence electrons. The van der Waals surface area contributed by atoms with Crippen molar-refractivity contribution in [3.8, 4) is 0 Å². The Morgan fingerprint density at radius 3 is 2.74 bits per heavy atom. The second kappa shape index (κ2) is 7.59. The van der Waals surface area contributed by atoms with E-state index in [0.717, 1.165) is 0 Å². The molecule has 1 saturated heterocycles. The third-order valence-corrected chi connectivity index (χ3v) is 7.33. The summed E-state index contributed by atoms with van der Waals surface area (Å²) in [5, 5.41) is 7.25. The van der Waals surface area contributed by atoms with Gasteiger partial charge in [0.2, 0.25) is 16.0 Å². The average Bonchev–Trinajstić information content (AvgIpc) is 2.87. The lowest BCUT2D eigenvalue weighted by Crippen LogP contribution is -2.50. The molecule has 0 saturated carbocycles. The number of alkyl halides is 1. The molecule has 0 radical (unpaired) electrons. The van der Waals surface area contributed by atoms with Gasteiger partial charge in [-0.1, -0.05) is 13.8 Å². The number of hydrogen-bond donors (Lipinski definition) is 1. The maximum Gasteiger partial charge on any atom is 0.241 e. The van der Waals surface area contributed by atoms with Crippen LogP contribution in [0.25, 0.3) is 5.52 Å². The Hall–Kier alpha value is -1.33. The molecule has 3 heterocycles. The number of piperidine rings is 1. The molecule has 0 unspecified atom stereocenters. The highest BCUT2D eigenvalue weighted by molar-refractivity contribution is 9.10. The van der Waals surface area contributed by atoms with Gasteiger partial charge in [-0.25, -0.2) is 26.7 Å². The summed E-state index contributed by atoms with van der Waals surface area (Å²) in [4.78, 5) is 4.09. The number of rotatable bonds is 5. The van der Waals surface area contributed by atoms with Crippen molar-refractivity contribution >= 4 is 37.4 Å². The van der Waals surface area contributed by atoms with Crippen molar-refractivity contribution in [2.75, 3.05) is 24.2 Å². The van der Waals surface area contributed by atoms with E-state index in [1.165, 1.54) is 21.9 Å². The zero-order valence-corrected chi connectivity index (χ0v) is 17.7. The summed E-state index contributed by atoms with van der Waals surface area (Å²) in [6.07, 6.45) is 0.255. The largest absolute Gasteiger partial charge is 0.347 e. The quantitative estimate of drug-likeness (QED) is 0.733. The van der Waals surface area contributed by atoms with Crippen LogP contribution in [0.2, 0.25) is 0 Å². The van der Waals surface area contributed by atoms with E-state index in [1.807, 2.05) is 13.8 Å². The van der Waals surface area contributed by atoms with Crippen molar-refractivity contribution < 1.29 is 17.2 Å². The highest BCUT2D eigenvalue weighted by Gasteiger charge is 2.34. The third kappa shape index (κ3) is 3.81. The van der Waals surface area contributed by atoms with Crippen molar-refractivity contribution in [2.45, 2.75) is 45.3 Å². The Morgan fingerprint density at radius 2 is 2.15 bits per heavy atom. The van der Waals surface area contributed by atoms with E-state index in [4.69, 9.17) is 0 Å². The zero-order chi connectivity index (χ0) is 19.9. The molecule has 0 bridgehead atoms. The van der Waals surface area contributed by atoms with Gasteiger partial charge in [0.15, 0.2) is 5.82 Å². The lowest BCUT2D eigenvalue weighted by Gasteiger charge is -2.34. The number of nitrogens with one attached hydrogen (secondary N) is 1. The summed E-state index contributed by atoms with van der Waals surface area (Å²) in [5.74, 6) is -0.308. The second-order valence-corrected chi connectivity index (χ2v) is 9.91. The standard InChI is InChI=1S/C16H22BrF2N5O2S/c1-4-27(25,26)23-6-5-11(10(18)8-23)21-16-20-7-12-14(19)13(17)15(9(2)3)24(12)22-16/h7,9-11H,4-6,8H2,1-3H3,(H,21,22)/t10-,11-/m1/s1. The van der Waals surface area contributed by atoms with Crippen LogP contribution < -0.4 is 5.32 Å². The number of fused-ring (bicyclic) bond motifs is 1. The highest BCUT2D eigenvalue weighted by atomic mass is 79.9. The van der Waals surface area contributed by atoms with Crippen molar-refractivity contribution in [1.29, 1.82) is 0 Å². The number of sulfonamides is 1. The topological polar surface area (TPSA) is 79.6 Å². The van der Waals surface area contributed by atoms with Crippen molar-refractivity contribution in [3.63, 3.8) is 0 Å². The number of halogens is 3. The third-order valence-electron chi connectivity index (χ3n) is 4.73. The van der Waals surface area contributed by atoms with E-state index < -0.39 is 28.1 Å². The Bertz CT molecular complexity index is 950. The lowest BCUT2D eigenvalue weighted by molar-refractivity contribution is 0.185. The van der Waals surface area contributed by atoms with Gasteiger partial charge in [0.25, 0.3) is 0 Å². The molecule has 1 aliphatic heterocycles. The van der Waals surface area contributed by atoms with Crippen molar-refractivity contribution in [3.05, 3.63) is 22.2 Å². The molecule has 2 aromatic heterocycles. The van der Waals surface area contributed by atoms with Crippen LogP contribution >= 0.6 is 15.9 Å². The lowest BCUT2D eigenvalue weighted by atomic mass is 10.1. The van der Waals surface area contributed by atoms with Crippen LogP contribution in [0, 0.1) is 5.82 Å². The molecule has 2 atom stereocenters. The van der Waals surface area contributed by atoms with Gasteiger partial charge in [-0.05, 0) is 35.2 Å². The smallest absolute Gasteiger partial charge is 0.241 e. The normalized spacial score (nSPS) is 21.9. The first-order valence-corrected chi connectivity index (χ1v) is 11.2. The minimum Gasteiger partial charge on any atom is -0.347 e. The summed E-state index contributed by atoms with van der Waals surface area (Å²) in [5.41, 5.74) is 0.894. The van der Waals surface area contributed by atoms with Gasteiger partial charge in [-0.3, -0.25) is 0 Å². The fourth-order valence-electron chi connectivity index (χ4n) is 3.21. The van der Waals surface area contributed by atoms with E-state index in [-0.39, 0.29) is 36.2 Å². The summed E-state index contributed by atoms with van der Waals surface area (Å²) in [6, 6.07) is -0.614. The summed E-state index contributed by atoms with van der Waals surface area (Å²) < 4.78 is 55.7. The first kappa shape index (κ1) is 20.4. The molecule has 27 heavy (non-hydrogen) atoms. The molecule has 7 nitrogen and oxygen atoms in total. The van der Waals surface area contributed by atoms with Gasteiger partial charge in [-0.2, -0.15) is 4.31 Å². The summed E-state index contributed by atoms with van der Waals surface area (Å²) >= 11 is 3.25. The highest BCUT2D eigenvalue weighted by Crippen LogP contribution is 2.32. The maximum atomic E-state index is 14.5. The van der Waals surface area contributed by atoms with E-state index in [2.05, 4.69) is 31.3 Å². The van der Waals surface area contributed by atoms with E-state index >= 15 is 0 Å². The maximum absolute atomic E-state index is 14.5. The molecular weight excluding hydrogens is 444 g/mol. The Labute approximate surface area is 165 Å². The van der Waals surface area contributed by atoms with Gasteiger partial charge < -0.3 is 5.32 Å². The van der Waals surface area contributed by atoms with Crippen LogP contribution in [0.15, 0.2) is 10.7 Å². The predicted molar refractivity (Wildman–Crippen MR) is 103 cm³/mol. The molecule has 0 aliphatic carbocycles. The number of anilines is 1. The van der Waals surface area contributed by atoms with Crippen LogP contribution in [0.5, 0.6) is 0 Å². The number of nitrogens with zero attached hydrogens (tertiary/aromatic N) is 4. The molecule has 0 aromatic carbocycles. The molecule has 11 heteroatoms. The average molecular weight is 466 g/mol. The van der Waals surface area contributed by atoms with Crippen molar-refractivity contribution in [2.24, 2.45) is 0 Å². The van der Waals surface area contributed by atoms with Crippen molar-refractivity contribution in [1.82, 2.24) is 18.9 Å². The molecule has 1 fully saturated rings. The fourth-order valence-corrected chi connectivity index (χ4v) is 5.15. The van der Waals surface area contributed by atoms with E-state index in [9.17, 15) is 17.2 Å². The molecule has 3 rings (SSSR count). The minimum atomic E-state index is -3.41. The zero-order valence-electron chi connectivity index (χ0n) is 15.3. The fraction of sp³-hybridized carbons (Fsp3) is 0.625. The van der Waals surface area contributed by atoms with Gasteiger partial charge in [0, 0.05) is 13.1 Å². The Balaban J connectivity index is 1.82. The second-order valence-electron chi connectivity index (χ2n) is 6.86. The first-order chi connectivity index (χ1) is 12.7. The van der Waals surface area contributed by atoms with E-state index in [1.54, 1.807) is 0 Å². The molecular formula is C16H22BrF2N5O2S. The summed E-state index contributed by atoms with van der Waals surface area (Å²) in [6.45, 7) is 5.41. The molecule has 0 spiro atoms. The van der Waals surface area contributed by atoms with Crippen LogP contribution in [0.1, 0.15) is 38.8 Å². The number of aromatic nitrogens is 3. The Morgan fingerprint density at radius 1 is 1.44 bits per heavy atom. The van der Waals surface area contributed by atoms with Gasteiger partial charge in [0.05, 0.1) is 28.2 Å². The molecule has 1 aliphatic rings. The van der Waals surface area contributed by atoms with E-state index in [0.29, 0.717) is 16.6 Å². The predicted octanol–water partition coefficient (Wildman–Crippen LogP) is 2.93.